The Morgan fingerprint density at radius 3 is 2.54 bits per heavy atom. The van der Waals surface area contributed by atoms with Gasteiger partial charge in [0.1, 0.15) is 5.82 Å². The summed E-state index contributed by atoms with van der Waals surface area (Å²) in [5.41, 5.74) is -2.20. The summed E-state index contributed by atoms with van der Waals surface area (Å²) in [4.78, 5) is 12.0. The molecule has 1 unspecified atom stereocenters. The molecule has 0 saturated carbocycles. The molecular weight excluding hydrogens is 564 g/mol. The Labute approximate surface area is 230 Å². The maximum Gasteiger partial charge on any atom is 0.427 e. The number of unbranched alkanes of at least 4 members (excludes halogenated alkanes) is 2. The third-order valence-electron chi connectivity index (χ3n) is 6.12. The molecule has 3 N–H and O–H groups in total. The van der Waals surface area contributed by atoms with Crippen molar-refractivity contribution in [3.63, 3.8) is 0 Å². The van der Waals surface area contributed by atoms with Crippen molar-refractivity contribution in [3.8, 4) is 0 Å². The highest BCUT2D eigenvalue weighted by Gasteiger charge is 2.51. The zero-order valence-electron chi connectivity index (χ0n) is 21.7. The van der Waals surface area contributed by atoms with Crippen molar-refractivity contribution in [2.75, 3.05) is 34.6 Å². The van der Waals surface area contributed by atoms with Gasteiger partial charge in [0.25, 0.3) is 10.0 Å². The van der Waals surface area contributed by atoms with Gasteiger partial charge in [-0.2, -0.15) is 13.2 Å². The van der Waals surface area contributed by atoms with Crippen LogP contribution in [-0.2, 0) is 14.8 Å². The lowest BCUT2D eigenvalue weighted by molar-refractivity contribution is -0.242. The van der Waals surface area contributed by atoms with E-state index in [0.717, 1.165) is 48.3 Å². The van der Waals surface area contributed by atoms with Gasteiger partial charge < -0.3 is 15.4 Å². The lowest BCUT2D eigenvalue weighted by atomic mass is 10.1. The molecule has 0 aromatic heterocycles. The minimum atomic E-state index is -4.80. The van der Waals surface area contributed by atoms with Crippen molar-refractivity contribution in [2.45, 2.75) is 62.7 Å². The molecule has 0 fully saturated rings. The second-order valence-electron chi connectivity index (χ2n) is 9.62. The minimum absolute atomic E-state index is 0.00648. The van der Waals surface area contributed by atoms with Crippen LogP contribution in [0.4, 0.5) is 39.4 Å². The summed E-state index contributed by atoms with van der Waals surface area (Å²) >= 11 is 5.84. The van der Waals surface area contributed by atoms with Gasteiger partial charge in [-0.1, -0.05) is 31.4 Å². The first-order valence-corrected chi connectivity index (χ1v) is 14.1. The maximum atomic E-state index is 13.7. The first kappa shape index (κ1) is 30.8. The van der Waals surface area contributed by atoms with Crippen LogP contribution >= 0.6 is 11.6 Å². The summed E-state index contributed by atoms with van der Waals surface area (Å²) in [5.74, 6) is -0.780. The number of fused-ring (bicyclic) bond motifs is 1. The smallest absolute Gasteiger partial charge is 0.427 e. The first-order chi connectivity index (χ1) is 18.2. The molecule has 1 aliphatic rings. The third kappa shape index (κ3) is 7.46. The fraction of sp³-hybridized carbons (Fsp3) is 0.480. The molecule has 0 saturated heterocycles. The number of rotatable bonds is 10. The number of carbonyl (C=O) groups excluding carboxylic acids is 1. The predicted octanol–water partition coefficient (Wildman–Crippen LogP) is 6.14. The quantitative estimate of drug-likeness (QED) is 0.226. The summed E-state index contributed by atoms with van der Waals surface area (Å²) in [5, 5.41) is 8.40. The molecular formula is C25H31ClF4N4O4S. The molecule has 3 rings (SSSR count). The number of ether oxygens (including phenoxy) is 1. The van der Waals surface area contributed by atoms with E-state index in [1.54, 1.807) is 0 Å². The second-order valence-corrected chi connectivity index (χ2v) is 11.9. The van der Waals surface area contributed by atoms with Crippen molar-refractivity contribution >= 4 is 44.8 Å². The monoisotopic (exact) mass is 594 g/mol. The topological polar surface area (TPSA) is 99.8 Å². The molecule has 39 heavy (non-hydrogen) atoms. The fourth-order valence-corrected chi connectivity index (χ4v) is 5.61. The van der Waals surface area contributed by atoms with Gasteiger partial charge in [-0.15, -0.1) is 0 Å². The number of alkyl halides is 3. The number of hydrogen-bond acceptors (Lipinski definition) is 6. The SMILES string of the molecule is CCCCCNCC1CN(S(=O)(=O)c2ccc(F)c(Cl)c2)c2cc(NC(=O)OC(C)(C)C(F)(F)F)ccc2N1. The van der Waals surface area contributed by atoms with Gasteiger partial charge in [0.05, 0.1) is 33.9 Å². The Morgan fingerprint density at radius 1 is 1.18 bits per heavy atom. The van der Waals surface area contributed by atoms with Gasteiger partial charge in [-0.3, -0.25) is 9.62 Å². The molecule has 1 aliphatic heterocycles. The van der Waals surface area contributed by atoms with Gasteiger partial charge >= 0.3 is 12.3 Å². The zero-order valence-corrected chi connectivity index (χ0v) is 23.2. The number of carbonyl (C=O) groups is 1. The number of sulfonamides is 1. The molecule has 1 amide bonds. The highest BCUT2D eigenvalue weighted by molar-refractivity contribution is 7.92. The average molecular weight is 595 g/mol. The van der Waals surface area contributed by atoms with Crippen LogP contribution in [0.2, 0.25) is 5.02 Å². The molecule has 1 atom stereocenters. The van der Waals surface area contributed by atoms with E-state index in [0.29, 0.717) is 26.1 Å². The largest absolute Gasteiger partial charge is 0.434 e. The second kappa shape index (κ2) is 12.2. The van der Waals surface area contributed by atoms with E-state index in [-0.39, 0.29) is 33.9 Å². The Hall–Kier alpha value is -2.77. The number of halogens is 5. The summed E-state index contributed by atoms with van der Waals surface area (Å²) in [6, 6.07) is 6.91. The Kier molecular flexibility index (Phi) is 9.60. The van der Waals surface area contributed by atoms with Crippen molar-refractivity contribution < 1.29 is 35.5 Å². The number of benzene rings is 2. The summed E-state index contributed by atoms with van der Waals surface area (Å²) in [7, 11) is -4.26. The van der Waals surface area contributed by atoms with Gasteiger partial charge in [-0.05, 0) is 63.2 Å². The lowest BCUT2D eigenvalue weighted by Gasteiger charge is -2.37. The molecule has 14 heteroatoms. The normalized spacial score (nSPS) is 15.9. The van der Waals surface area contributed by atoms with Crippen LogP contribution in [0.3, 0.4) is 0 Å². The van der Waals surface area contributed by atoms with Crippen LogP contribution in [0.1, 0.15) is 40.0 Å². The van der Waals surface area contributed by atoms with E-state index in [2.05, 4.69) is 27.6 Å². The molecule has 0 spiro atoms. The number of hydrogen-bond donors (Lipinski definition) is 3. The maximum absolute atomic E-state index is 13.7. The molecule has 8 nitrogen and oxygen atoms in total. The zero-order chi connectivity index (χ0) is 29.0. The van der Waals surface area contributed by atoms with Crippen molar-refractivity contribution in [1.29, 1.82) is 0 Å². The van der Waals surface area contributed by atoms with Crippen LogP contribution in [0.25, 0.3) is 0 Å². The van der Waals surface area contributed by atoms with E-state index in [1.165, 1.54) is 18.2 Å². The lowest BCUT2D eigenvalue weighted by Crippen LogP contribution is -2.49. The van der Waals surface area contributed by atoms with Gasteiger partial charge in [0.15, 0.2) is 0 Å². The van der Waals surface area contributed by atoms with Crippen molar-refractivity contribution in [3.05, 3.63) is 47.2 Å². The molecule has 0 bridgehead atoms. The van der Waals surface area contributed by atoms with E-state index >= 15 is 0 Å². The minimum Gasteiger partial charge on any atom is -0.434 e. The van der Waals surface area contributed by atoms with Gasteiger partial charge in [0.2, 0.25) is 5.60 Å². The van der Waals surface area contributed by atoms with Crippen LogP contribution in [-0.4, -0.2) is 52.0 Å². The van der Waals surface area contributed by atoms with Crippen LogP contribution < -0.4 is 20.3 Å². The highest BCUT2D eigenvalue weighted by Crippen LogP contribution is 2.38. The van der Waals surface area contributed by atoms with Crippen LogP contribution in [0, 0.1) is 5.82 Å². The molecule has 0 aliphatic carbocycles. The van der Waals surface area contributed by atoms with Crippen molar-refractivity contribution in [2.24, 2.45) is 0 Å². The Bertz CT molecular complexity index is 1290. The Morgan fingerprint density at radius 2 is 1.90 bits per heavy atom. The predicted molar refractivity (Wildman–Crippen MR) is 142 cm³/mol. The summed E-state index contributed by atoms with van der Waals surface area (Å²) in [6.07, 6.45) is -3.09. The standard InChI is InChI=1S/C25H31ClF4N4O4S/c1-4-5-6-11-31-14-17-15-34(39(36,37)18-8-9-20(27)19(26)13-18)22-12-16(7-10-21(22)32-17)33-23(35)38-24(2,3)25(28,29)30/h7-10,12-13,17,31-32H,4-6,11,14-15H2,1-3H3,(H,33,35). The van der Waals surface area contributed by atoms with Crippen LogP contribution in [0.15, 0.2) is 41.3 Å². The Balaban J connectivity index is 1.91. The van der Waals surface area contributed by atoms with Gasteiger partial charge in [0, 0.05) is 12.2 Å². The number of nitrogens with one attached hydrogen (secondary N) is 3. The molecule has 0 radical (unpaired) electrons. The molecule has 2 aromatic rings. The molecule has 2 aromatic carbocycles. The van der Waals surface area contributed by atoms with Crippen LogP contribution in [0.5, 0.6) is 0 Å². The van der Waals surface area contributed by atoms with E-state index < -0.39 is 33.7 Å². The summed E-state index contributed by atoms with van der Waals surface area (Å²) < 4.78 is 86.1. The highest BCUT2D eigenvalue weighted by atomic mass is 35.5. The van der Waals surface area contributed by atoms with Crippen molar-refractivity contribution in [1.82, 2.24) is 5.32 Å². The van der Waals surface area contributed by atoms with E-state index in [4.69, 9.17) is 11.6 Å². The van der Waals surface area contributed by atoms with Gasteiger partial charge in [-0.25, -0.2) is 17.6 Å². The summed E-state index contributed by atoms with van der Waals surface area (Å²) in [6.45, 7) is 4.67. The average Bonchev–Trinajstić information content (AvgIpc) is 2.84. The van der Waals surface area contributed by atoms with E-state index in [9.17, 15) is 30.8 Å². The number of amides is 1. The number of nitrogens with zero attached hydrogens (tertiary/aromatic N) is 1. The number of anilines is 3. The molecule has 1 heterocycles. The molecule has 216 valence electrons. The third-order valence-corrected chi connectivity index (χ3v) is 8.18. The van der Waals surface area contributed by atoms with E-state index in [1.807, 2.05) is 0 Å². The first-order valence-electron chi connectivity index (χ1n) is 12.3. The fourth-order valence-electron chi connectivity index (χ4n) is 3.82.